The molecule has 0 fully saturated rings. The Balaban J connectivity index is 2.50. The Bertz CT molecular complexity index is 344. The summed E-state index contributed by atoms with van der Waals surface area (Å²) in [5.74, 6) is 0.782. The molecule has 2 rings (SSSR count). The average molecular weight is 180 g/mol. The smallest absolute Gasteiger partial charge is 0.126 e. The lowest BCUT2D eigenvalue weighted by molar-refractivity contribution is 0.115. The quantitative estimate of drug-likeness (QED) is 0.596. The van der Waals surface area contributed by atoms with E-state index in [1.807, 2.05) is 19.9 Å². The van der Waals surface area contributed by atoms with Gasteiger partial charge in [0, 0.05) is 17.5 Å². The van der Waals surface area contributed by atoms with Crippen LogP contribution in [0.25, 0.3) is 0 Å². The molecule has 0 N–H and O–H groups in total. The Hall–Kier alpha value is -1.05. The van der Waals surface area contributed by atoms with Crippen molar-refractivity contribution in [2.45, 2.75) is 32.3 Å². The maximum Gasteiger partial charge on any atom is 0.126 e. The minimum atomic E-state index is -0.233. The molecule has 70 valence electrons. The van der Waals surface area contributed by atoms with E-state index in [1.54, 1.807) is 0 Å². The van der Waals surface area contributed by atoms with Gasteiger partial charge in [0.15, 0.2) is 0 Å². The number of ether oxygens (including phenoxy) is 1. The van der Waals surface area contributed by atoms with Gasteiger partial charge in [0.25, 0.3) is 0 Å². The summed E-state index contributed by atoms with van der Waals surface area (Å²) in [6, 6.07) is 4.75. The Morgan fingerprint density at radius 1 is 1.38 bits per heavy atom. The molecule has 0 spiro atoms. The van der Waals surface area contributed by atoms with Gasteiger partial charge in [-0.1, -0.05) is 13.0 Å². The number of halogens is 1. The van der Waals surface area contributed by atoms with Crippen LogP contribution in [0, 0.1) is 5.82 Å². The highest BCUT2D eigenvalue weighted by atomic mass is 19.1. The number of hydrogen-bond acceptors (Lipinski definition) is 1. The van der Waals surface area contributed by atoms with Gasteiger partial charge in [0.1, 0.15) is 17.2 Å². The molecule has 13 heavy (non-hydrogen) atoms. The average Bonchev–Trinajstić information content (AvgIpc) is 2.22. The number of hydrogen-bond donors (Lipinski definition) is 0. The van der Waals surface area contributed by atoms with Gasteiger partial charge in [-0.05, 0) is 19.9 Å². The SMILES string of the molecule is CC1c2ccc(F)cc2OC1(C)C. The van der Waals surface area contributed by atoms with Gasteiger partial charge in [-0.25, -0.2) is 4.39 Å². The Labute approximate surface area is 77.5 Å². The molecule has 0 amide bonds. The van der Waals surface area contributed by atoms with Crippen LogP contribution in [0.2, 0.25) is 0 Å². The minimum Gasteiger partial charge on any atom is -0.487 e. The Morgan fingerprint density at radius 2 is 2.08 bits per heavy atom. The van der Waals surface area contributed by atoms with E-state index in [-0.39, 0.29) is 11.4 Å². The van der Waals surface area contributed by atoms with Gasteiger partial charge >= 0.3 is 0 Å². The standard InChI is InChI=1S/C11H13FO/c1-7-9-5-4-8(12)6-10(9)13-11(7,2)3/h4-7H,1-3H3. The number of fused-ring (bicyclic) bond motifs is 1. The predicted molar refractivity (Wildman–Crippen MR) is 49.5 cm³/mol. The van der Waals surface area contributed by atoms with Crippen molar-refractivity contribution in [2.24, 2.45) is 0 Å². The first kappa shape index (κ1) is 8.54. The van der Waals surface area contributed by atoms with E-state index in [0.29, 0.717) is 11.7 Å². The summed E-state index contributed by atoms with van der Waals surface area (Å²) >= 11 is 0. The van der Waals surface area contributed by atoms with Crippen LogP contribution >= 0.6 is 0 Å². The molecule has 0 saturated heterocycles. The molecule has 0 saturated carbocycles. The lowest BCUT2D eigenvalue weighted by Crippen LogP contribution is -2.28. The van der Waals surface area contributed by atoms with Gasteiger partial charge in [-0.3, -0.25) is 0 Å². The molecule has 1 unspecified atom stereocenters. The zero-order valence-corrected chi connectivity index (χ0v) is 8.10. The molecule has 2 heteroatoms. The molecule has 1 aromatic carbocycles. The van der Waals surface area contributed by atoms with E-state index in [1.165, 1.54) is 12.1 Å². The second-order valence-electron chi connectivity index (χ2n) is 4.11. The van der Waals surface area contributed by atoms with Crippen molar-refractivity contribution in [1.82, 2.24) is 0 Å². The van der Waals surface area contributed by atoms with E-state index < -0.39 is 0 Å². The highest BCUT2D eigenvalue weighted by Crippen LogP contribution is 2.44. The first-order chi connectivity index (χ1) is 6.00. The van der Waals surface area contributed by atoms with Crippen molar-refractivity contribution in [3.8, 4) is 5.75 Å². The van der Waals surface area contributed by atoms with Crippen molar-refractivity contribution in [3.05, 3.63) is 29.6 Å². The fraction of sp³-hybridized carbons (Fsp3) is 0.455. The third-order valence-corrected chi connectivity index (χ3v) is 2.86. The van der Waals surface area contributed by atoms with E-state index in [2.05, 4.69) is 6.92 Å². The monoisotopic (exact) mass is 180 g/mol. The van der Waals surface area contributed by atoms with Crippen molar-refractivity contribution < 1.29 is 9.13 Å². The third kappa shape index (κ3) is 1.21. The van der Waals surface area contributed by atoms with Gasteiger partial charge in [-0.15, -0.1) is 0 Å². The molecule has 0 radical (unpaired) electrons. The first-order valence-electron chi connectivity index (χ1n) is 4.49. The lowest BCUT2D eigenvalue weighted by atomic mass is 9.89. The highest BCUT2D eigenvalue weighted by Gasteiger charge is 2.37. The minimum absolute atomic E-state index is 0.212. The highest BCUT2D eigenvalue weighted by molar-refractivity contribution is 5.42. The van der Waals surface area contributed by atoms with Crippen LogP contribution in [0.15, 0.2) is 18.2 Å². The molecule has 0 aromatic heterocycles. The summed E-state index contributed by atoms with van der Waals surface area (Å²) in [6.07, 6.45) is 0. The van der Waals surface area contributed by atoms with Gasteiger partial charge in [0.05, 0.1) is 0 Å². The lowest BCUT2D eigenvalue weighted by Gasteiger charge is -2.22. The van der Waals surface area contributed by atoms with Crippen molar-refractivity contribution in [2.75, 3.05) is 0 Å². The summed E-state index contributed by atoms with van der Waals surface area (Å²) in [5, 5.41) is 0. The summed E-state index contributed by atoms with van der Waals surface area (Å²) in [5.41, 5.74) is 0.891. The fourth-order valence-corrected chi connectivity index (χ4v) is 1.70. The zero-order chi connectivity index (χ0) is 9.64. The maximum atomic E-state index is 12.9. The predicted octanol–water partition coefficient (Wildman–Crippen LogP) is 3.10. The van der Waals surface area contributed by atoms with Gasteiger partial charge in [0.2, 0.25) is 0 Å². The first-order valence-corrected chi connectivity index (χ1v) is 4.49. The molecule has 0 aliphatic carbocycles. The van der Waals surface area contributed by atoms with Crippen LogP contribution in [-0.2, 0) is 0 Å². The Kier molecular flexibility index (Phi) is 1.62. The molecule has 1 aromatic rings. The summed E-state index contributed by atoms with van der Waals surface area (Å²) in [7, 11) is 0. The van der Waals surface area contributed by atoms with Crippen LogP contribution in [0.3, 0.4) is 0 Å². The number of rotatable bonds is 0. The van der Waals surface area contributed by atoms with E-state index in [4.69, 9.17) is 4.74 Å². The van der Waals surface area contributed by atoms with E-state index in [9.17, 15) is 4.39 Å². The van der Waals surface area contributed by atoms with Gasteiger partial charge in [-0.2, -0.15) is 0 Å². The van der Waals surface area contributed by atoms with Crippen LogP contribution in [0.4, 0.5) is 4.39 Å². The molecule has 1 aliphatic heterocycles. The van der Waals surface area contributed by atoms with Crippen LogP contribution in [0.1, 0.15) is 32.3 Å². The van der Waals surface area contributed by atoms with E-state index >= 15 is 0 Å². The van der Waals surface area contributed by atoms with Gasteiger partial charge < -0.3 is 4.74 Å². The molecule has 1 nitrogen and oxygen atoms in total. The molecule has 0 bridgehead atoms. The largest absolute Gasteiger partial charge is 0.487 e. The van der Waals surface area contributed by atoms with Crippen molar-refractivity contribution >= 4 is 0 Å². The topological polar surface area (TPSA) is 9.23 Å². The zero-order valence-electron chi connectivity index (χ0n) is 8.10. The van der Waals surface area contributed by atoms with Crippen LogP contribution < -0.4 is 4.74 Å². The maximum absolute atomic E-state index is 12.9. The van der Waals surface area contributed by atoms with Crippen molar-refractivity contribution in [1.29, 1.82) is 0 Å². The fourth-order valence-electron chi connectivity index (χ4n) is 1.70. The van der Waals surface area contributed by atoms with Crippen LogP contribution in [0.5, 0.6) is 5.75 Å². The molecular weight excluding hydrogens is 167 g/mol. The third-order valence-electron chi connectivity index (χ3n) is 2.86. The molecule has 1 heterocycles. The summed E-state index contributed by atoms with van der Waals surface area (Å²) in [4.78, 5) is 0. The normalized spacial score (nSPS) is 23.8. The van der Waals surface area contributed by atoms with Crippen molar-refractivity contribution in [3.63, 3.8) is 0 Å². The van der Waals surface area contributed by atoms with E-state index in [0.717, 1.165) is 5.56 Å². The second kappa shape index (κ2) is 2.47. The second-order valence-corrected chi connectivity index (χ2v) is 4.11. The summed E-state index contributed by atoms with van der Waals surface area (Å²) < 4.78 is 18.5. The molecular formula is C11H13FO. The number of benzene rings is 1. The molecule has 1 atom stereocenters. The summed E-state index contributed by atoms with van der Waals surface area (Å²) in [6.45, 7) is 6.15. The van der Waals surface area contributed by atoms with Crippen LogP contribution in [-0.4, -0.2) is 5.60 Å². The molecule has 1 aliphatic rings. The Morgan fingerprint density at radius 3 is 2.77 bits per heavy atom.